The summed E-state index contributed by atoms with van der Waals surface area (Å²) in [7, 11) is -1.84. The van der Waals surface area contributed by atoms with Crippen LogP contribution in [0.1, 0.15) is 78.3 Å². The molecule has 0 unspecified atom stereocenters. The van der Waals surface area contributed by atoms with Crippen molar-refractivity contribution in [3.63, 3.8) is 0 Å². The zero-order valence-corrected chi connectivity index (χ0v) is 36.4. The number of hydrogen-bond donors (Lipinski definition) is 3. The molecule has 24 heteroatoms. The van der Waals surface area contributed by atoms with Crippen molar-refractivity contribution in [2.75, 3.05) is 27.4 Å². The van der Waals surface area contributed by atoms with Gasteiger partial charge in [0.1, 0.15) is 23.7 Å². The number of aromatic nitrogens is 2. The van der Waals surface area contributed by atoms with E-state index in [0.29, 0.717) is 32.8 Å². The molecule has 6 rings (SSSR count). The summed E-state index contributed by atoms with van der Waals surface area (Å²) in [6.45, 7) is 3.46. The number of hydrogen-bond acceptors (Lipinski definition) is 12. The molecule has 1 aromatic carbocycles. The van der Waals surface area contributed by atoms with E-state index in [1.165, 1.54) is 14.0 Å². The molecule has 0 bridgehead atoms. The molecule has 3 N–H and O–H groups in total. The number of alkyl halides is 6. The second-order valence-corrected chi connectivity index (χ2v) is 19.8. The number of fused-ring (bicyclic) bond motifs is 3. The van der Waals surface area contributed by atoms with Crippen LogP contribution in [0.5, 0.6) is 11.6 Å². The summed E-state index contributed by atoms with van der Waals surface area (Å²) < 4.78 is 148. The fraction of sp³-hybridized carbons (Fsp3) is 0.650. The van der Waals surface area contributed by atoms with Crippen LogP contribution < -0.4 is 24.8 Å². The Morgan fingerprint density at radius 1 is 1.03 bits per heavy atom. The monoisotopic (exact) mass is 938 g/mol. The molecular weight excluding hydrogens is 890 g/mol. The summed E-state index contributed by atoms with van der Waals surface area (Å²) in [5.41, 5.74) is -7.41. The van der Waals surface area contributed by atoms with Gasteiger partial charge in [-0.3, -0.25) is 19.1 Å². The minimum Gasteiger partial charge on any atom is -0.494 e. The highest BCUT2D eigenvalue weighted by Gasteiger charge is 2.63. The number of halogens is 7. The minimum atomic E-state index is -5.24. The molecule has 2 aromatic rings. The maximum absolute atomic E-state index is 14.9. The lowest BCUT2D eigenvalue weighted by Gasteiger charge is -2.35. The van der Waals surface area contributed by atoms with Gasteiger partial charge in [-0.1, -0.05) is 19.1 Å². The Labute approximate surface area is 363 Å². The van der Waals surface area contributed by atoms with Crippen LogP contribution in [0.3, 0.4) is 0 Å². The Balaban J connectivity index is 1.42. The van der Waals surface area contributed by atoms with Crippen LogP contribution in [0.15, 0.2) is 24.3 Å². The van der Waals surface area contributed by atoms with Crippen molar-refractivity contribution in [2.45, 2.75) is 119 Å². The molecule has 0 spiro atoms. The number of alkyl carbamates (subject to hydrolysis) is 1. The van der Waals surface area contributed by atoms with Crippen LogP contribution in [-0.4, -0.2) is 115 Å². The Bertz CT molecular complexity index is 2310. The number of rotatable bonds is 10. The van der Waals surface area contributed by atoms with E-state index in [4.69, 9.17) is 18.9 Å². The first-order valence-electron chi connectivity index (χ1n) is 20.4. The van der Waals surface area contributed by atoms with Crippen LogP contribution in [0.4, 0.5) is 35.5 Å². The van der Waals surface area contributed by atoms with Gasteiger partial charge in [0.2, 0.25) is 39.0 Å². The van der Waals surface area contributed by atoms with Crippen molar-refractivity contribution in [3.8, 4) is 11.6 Å². The molecule has 64 heavy (non-hydrogen) atoms. The largest absolute Gasteiger partial charge is 0.494 e. The number of carbonyl (C=O) groups excluding carboxylic acids is 4. The summed E-state index contributed by atoms with van der Waals surface area (Å²) in [4.78, 5) is 65.0. The average Bonchev–Trinajstić information content (AvgIpc) is 4.06. The second kappa shape index (κ2) is 17.4. The molecule has 1 aromatic heterocycles. The number of ether oxygens (including phenoxy) is 4. The molecule has 7 atom stereocenters. The number of nitrogens with zero attached hydrogens (tertiary/aromatic N) is 3. The molecule has 3 fully saturated rings. The van der Waals surface area contributed by atoms with E-state index in [1.807, 2.05) is 0 Å². The van der Waals surface area contributed by atoms with Gasteiger partial charge in [-0.2, -0.15) is 26.3 Å². The van der Waals surface area contributed by atoms with Crippen molar-refractivity contribution in [1.82, 2.24) is 30.2 Å². The van der Waals surface area contributed by atoms with E-state index in [0.717, 1.165) is 18.1 Å². The van der Waals surface area contributed by atoms with E-state index in [1.54, 1.807) is 19.1 Å². The van der Waals surface area contributed by atoms with Crippen LogP contribution >= 0.6 is 0 Å². The van der Waals surface area contributed by atoms with E-state index in [9.17, 15) is 58.3 Å². The zero-order valence-electron chi connectivity index (χ0n) is 35.6. The van der Waals surface area contributed by atoms with Crippen molar-refractivity contribution in [3.05, 3.63) is 35.8 Å². The zero-order chi connectivity index (χ0) is 47.4. The van der Waals surface area contributed by atoms with Gasteiger partial charge in [-0.25, -0.2) is 27.6 Å². The molecule has 1 saturated heterocycles. The van der Waals surface area contributed by atoms with Crippen molar-refractivity contribution >= 4 is 44.9 Å². The minimum absolute atomic E-state index is 0.0734. The predicted octanol–water partition coefficient (Wildman–Crippen LogP) is 5.09. The number of nitrogens with one attached hydrogen (secondary N) is 3. The highest BCUT2D eigenvalue weighted by atomic mass is 32.2. The van der Waals surface area contributed by atoms with Crippen LogP contribution in [0, 0.1) is 23.6 Å². The Morgan fingerprint density at radius 3 is 2.31 bits per heavy atom. The van der Waals surface area contributed by atoms with Crippen LogP contribution in [-0.2, 0) is 40.1 Å². The van der Waals surface area contributed by atoms with Crippen LogP contribution in [0.25, 0.3) is 11.0 Å². The van der Waals surface area contributed by atoms with Crippen molar-refractivity contribution in [2.24, 2.45) is 17.8 Å². The van der Waals surface area contributed by atoms with Gasteiger partial charge >= 0.3 is 18.4 Å². The molecule has 354 valence electrons. The number of benzene rings is 1. The van der Waals surface area contributed by atoms with Crippen LogP contribution in [0.2, 0.25) is 0 Å². The third-order valence-electron chi connectivity index (χ3n) is 12.2. The lowest BCUT2D eigenvalue weighted by molar-refractivity contribution is -0.244. The van der Waals surface area contributed by atoms with E-state index in [-0.39, 0.29) is 49.5 Å². The summed E-state index contributed by atoms with van der Waals surface area (Å²) in [5.74, 6) is -7.78. The van der Waals surface area contributed by atoms with Gasteiger partial charge in [-0.05, 0) is 65.2 Å². The smallest absolute Gasteiger partial charge is 0.438 e. The summed E-state index contributed by atoms with van der Waals surface area (Å²) >= 11 is 0. The van der Waals surface area contributed by atoms with Crippen molar-refractivity contribution < 1.29 is 77.3 Å². The third-order valence-corrected chi connectivity index (χ3v) is 14.4. The van der Waals surface area contributed by atoms with Gasteiger partial charge in [0, 0.05) is 37.5 Å². The molecule has 16 nitrogen and oxygen atoms in total. The maximum Gasteiger partial charge on any atom is 0.438 e. The standard InChI is InChI=1S/C40H49F7N6O10S/c1-20-9-7-8-10-22-17-38(22,34(56)52-64(58,59)37(4)11-12-37)51-31(54)27-14-23(62-32-30(39(42,43)44)48-25-15-24(41)28(61-6)16-26(25)49-32)18-53(27)33(55)29(21(13-20)19-60-5)50-35(57)63-36(2,3)40(45,46)47/h8,10,15-16,20-23,27,29H,7,9,11-14,17-19H2,1-6H3,(H,50,57)(H,51,54)(H,52,56)/b10-8-/t20-,21+,22-,23-,27+,29+,38-/m1/s1. The molecule has 4 amide bonds. The van der Waals surface area contributed by atoms with Gasteiger partial charge < -0.3 is 34.5 Å². The topological polar surface area (TPSA) is 204 Å². The Morgan fingerprint density at radius 2 is 1.70 bits per heavy atom. The number of allylic oxidation sites excluding steroid dienone is 1. The van der Waals surface area contributed by atoms with Gasteiger partial charge in [-0.15, -0.1) is 0 Å². The second-order valence-electron chi connectivity index (χ2n) is 17.6. The van der Waals surface area contributed by atoms with E-state index >= 15 is 0 Å². The predicted molar refractivity (Wildman–Crippen MR) is 210 cm³/mol. The quantitative estimate of drug-likeness (QED) is 0.211. The molecule has 2 aliphatic carbocycles. The molecule has 2 saturated carbocycles. The third kappa shape index (κ3) is 9.96. The van der Waals surface area contributed by atoms with Gasteiger partial charge in [0.25, 0.3) is 5.91 Å². The molecular formula is C40H49F7N6O10S. The molecule has 0 radical (unpaired) electrons. The lowest BCUT2D eigenvalue weighted by Crippen LogP contribution is -2.60. The molecule has 4 aliphatic rings. The highest BCUT2D eigenvalue weighted by molar-refractivity contribution is 7.91. The SMILES string of the molecule is COC[C@@H]1C[C@H](C)CC/C=C\[C@@H]2C[C@@]2(C(=O)NS(=O)(=O)C2(C)CC2)NC(=O)[C@@H]2C[C@@H](Oc3nc4cc(OC)c(F)cc4nc3C(F)(F)F)CN2C(=O)[C@H]1NC(=O)OC(C)(C)C(F)(F)F. The first kappa shape index (κ1) is 48.5. The molecule has 2 aliphatic heterocycles. The average molecular weight is 939 g/mol. The van der Waals surface area contributed by atoms with E-state index in [2.05, 4.69) is 25.3 Å². The van der Waals surface area contributed by atoms with Gasteiger partial charge in [0.15, 0.2) is 11.6 Å². The summed E-state index contributed by atoms with van der Waals surface area (Å²) in [6, 6.07) is -1.86. The highest BCUT2D eigenvalue weighted by Crippen LogP contribution is 2.48. The fourth-order valence-corrected chi connectivity index (χ4v) is 9.17. The first-order chi connectivity index (χ1) is 29.6. The maximum atomic E-state index is 14.9. The van der Waals surface area contributed by atoms with Crippen molar-refractivity contribution in [1.29, 1.82) is 0 Å². The molecule has 3 heterocycles. The Hall–Kier alpha value is -5.00. The summed E-state index contributed by atoms with van der Waals surface area (Å²) in [6.07, 6.45) is -9.25. The lowest BCUT2D eigenvalue weighted by atomic mass is 9.87. The number of amides is 4. The first-order valence-corrected chi connectivity index (χ1v) is 21.8. The van der Waals surface area contributed by atoms with E-state index < -0.39 is 128 Å². The number of methoxy groups -OCH3 is 2. The number of carbonyl (C=O) groups is 4. The van der Waals surface area contributed by atoms with Gasteiger partial charge in [0.05, 0.1) is 36.0 Å². The Kier molecular flexibility index (Phi) is 13.2. The normalized spacial score (nSPS) is 28.1. The fourth-order valence-electron chi connectivity index (χ4n) is 7.86. The number of sulfonamides is 1. The summed E-state index contributed by atoms with van der Waals surface area (Å²) in [5, 5.41) is 4.82.